The summed E-state index contributed by atoms with van der Waals surface area (Å²) >= 11 is 0. The highest BCUT2D eigenvalue weighted by Crippen LogP contribution is 2.11. The van der Waals surface area contributed by atoms with E-state index in [0.717, 1.165) is 12.6 Å². The van der Waals surface area contributed by atoms with Crippen molar-refractivity contribution in [3.8, 4) is 0 Å². The Morgan fingerprint density at radius 3 is 3.00 bits per heavy atom. The monoisotopic (exact) mass is 150 g/mol. The molecule has 1 aliphatic rings. The SMILES string of the molecule is CN1C=CN(c2ncc[nH]2)C1. The Labute approximate surface area is 65.1 Å². The van der Waals surface area contributed by atoms with Gasteiger partial charge in [-0.15, -0.1) is 0 Å². The topological polar surface area (TPSA) is 35.2 Å². The van der Waals surface area contributed by atoms with Crippen molar-refractivity contribution in [1.82, 2.24) is 14.9 Å². The van der Waals surface area contributed by atoms with Crippen LogP contribution in [-0.4, -0.2) is 28.6 Å². The van der Waals surface area contributed by atoms with E-state index in [-0.39, 0.29) is 0 Å². The minimum Gasteiger partial charge on any atom is -0.361 e. The number of aromatic amines is 1. The van der Waals surface area contributed by atoms with Gasteiger partial charge in [0.2, 0.25) is 5.95 Å². The lowest BCUT2D eigenvalue weighted by atomic mass is 10.8. The summed E-state index contributed by atoms with van der Waals surface area (Å²) in [5, 5.41) is 0. The third-order valence-electron chi connectivity index (χ3n) is 1.63. The molecule has 0 saturated heterocycles. The van der Waals surface area contributed by atoms with Gasteiger partial charge in [0.05, 0.1) is 6.67 Å². The number of nitrogens with zero attached hydrogens (tertiary/aromatic N) is 3. The highest BCUT2D eigenvalue weighted by molar-refractivity contribution is 5.35. The molecule has 11 heavy (non-hydrogen) atoms. The summed E-state index contributed by atoms with van der Waals surface area (Å²) in [5.74, 6) is 0.894. The molecule has 0 fully saturated rings. The van der Waals surface area contributed by atoms with Crippen LogP contribution in [0, 0.1) is 0 Å². The smallest absolute Gasteiger partial charge is 0.208 e. The van der Waals surface area contributed by atoms with E-state index in [2.05, 4.69) is 14.9 Å². The molecule has 0 aliphatic carbocycles. The maximum atomic E-state index is 4.13. The van der Waals surface area contributed by atoms with Gasteiger partial charge in [-0.05, 0) is 0 Å². The van der Waals surface area contributed by atoms with Gasteiger partial charge >= 0.3 is 0 Å². The first-order valence-corrected chi connectivity index (χ1v) is 3.51. The van der Waals surface area contributed by atoms with Crippen molar-refractivity contribution in [2.45, 2.75) is 0 Å². The first-order chi connectivity index (χ1) is 5.36. The molecule has 1 aromatic rings. The van der Waals surface area contributed by atoms with Gasteiger partial charge < -0.3 is 9.88 Å². The quantitative estimate of drug-likeness (QED) is 0.636. The standard InChI is InChI=1S/C7H10N4/c1-10-4-5-11(6-10)7-8-2-3-9-7/h2-5H,6H2,1H3,(H,8,9). The van der Waals surface area contributed by atoms with E-state index in [1.54, 1.807) is 6.20 Å². The number of imidazole rings is 1. The number of aromatic nitrogens is 2. The fourth-order valence-electron chi connectivity index (χ4n) is 1.08. The minimum atomic E-state index is 0.869. The van der Waals surface area contributed by atoms with Crippen molar-refractivity contribution in [2.24, 2.45) is 0 Å². The summed E-state index contributed by atoms with van der Waals surface area (Å²) < 4.78 is 0. The van der Waals surface area contributed by atoms with Gasteiger partial charge in [-0.3, -0.25) is 4.90 Å². The molecule has 4 nitrogen and oxygen atoms in total. The maximum absolute atomic E-state index is 4.13. The molecule has 2 rings (SSSR count). The van der Waals surface area contributed by atoms with Gasteiger partial charge in [0.1, 0.15) is 0 Å². The van der Waals surface area contributed by atoms with Gasteiger partial charge in [-0.1, -0.05) is 0 Å². The van der Waals surface area contributed by atoms with Crippen LogP contribution in [-0.2, 0) is 0 Å². The molecular formula is C7H10N4. The van der Waals surface area contributed by atoms with Gasteiger partial charge in [-0.25, -0.2) is 4.98 Å². The Hall–Kier alpha value is -1.45. The number of hydrogen-bond acceptors (Lipinski definition) is 3. The molecule has 1 N–H and O–H groups in total. The Kier molecular flexibility index (Phi) is 1.31. The van der Waals surface area contributed by atoms with Crippen LogP contribution in [0.5, 0.6) is 0 Å². The van der Waals surface area contributed by atoms with Crippen molar-refractivity contribution in [3.05, 3.63) is 24.8 Å². The van der Waals surface area contributed by atoms with Crippen LogP contribution >= 0.6 is 0 Å². The van der Waals surface area contributed by atoms with E-state index in [9.17, 15) is 0 Å². The first kappa shape index (κ1) is 6.27. The van der Waals surface area contributed by atoms with E-state index in [1.165, 1.54) is 0 Å². The van der Waals surface area contributed by atoms with E-state index < -0.39 is 0 Å². The van der Waals surface area contributed by atoms with Crippen LogP contribution in [0.1, 0.15) is 0 Å². The summed E-state index contributed by atoms with van der Waals surface area (Å²) in [6.07, 6.45) is 7.59. The van der Waals surface area contributed by atoms with Crippen molar-refractivity contribution in [3.63, 3.8) is 0 Å². The zero-order valence-corrected chi connectivity index (χ0v) is 6.36. The molecular weight excluding hydrogens is 140 g/mol. The zero-order chi connectivity index (χ0) is 7.68. The van der Waals surface area contributed by atoms with Crippen LogP contribution in [0.2, 0.25) is 0 Å². The van der Waals surface area contributed by atoms with E-state index >= 15 is 0 Å². The lowest BCUT2D eigenvalue weighted by molar-refractivity contribution is 0.493. The third kappa shape index (κ3) is 1.07. The van der Waals surface area contributed by atoms with Crippen LogP contribution in [0.15, 0.2) is 24.8 Å². The second kappa shape index (κ2) is 2.30. The molecule has 0 saturated carbocycles. The van der Waals surface area contributed by atoms with Crippen LogP contribution in [0.4, 0.5) is 5.95 Å². The van der Waals surface area contributed by atoms with Crippen LogP contribution in [0.25, 0.3) is 0 Å². The second-order valence-electron chi connectivity index (χ2n) is 2.58. The summed E-state index contributed by atoms with van der Waals surface area (Å²) in [4.78, 5) is 11.3. The molecule has 4 heteroatoms. The van der Waals surface area contributed by atoms with Crippen molar-refractivity contribution in [2.75, 3.05) is 18.6 Å². The highest BCUT2D eigenvalue weighted by Gasteiger charge is 2.11. The molecule has 0 radical (unpaired) electrons. The second-order valence-corrected chi connectivity index (χ2v) is 2.58. The van der Waals surface area contributed by atoms with Crippen molar-refractivity contribution < 1.29 is 0 Å². The molecule has 0 aromatic carbocycles. The Morgan fingerprint density at radius 2 is 2.45 bits per heavy atom. The van der Waals surface area contributed by atoms with Gasteiger partial charge in [0.25, 0.3) is 0 Å². The van der Waals surface area contributed by atoms with Crippen LogP contribution < -0.4 is 4.90 Å². The Morgan fingerprint density at radius 1 is 1.55 bits per heavy atom. The summed E-state index contributed by atoms with van der Waals surface area (Å²) in [7, 11) is 2.03. The molecule has 2 heterocycles. The number of nitrogens with one attached hydrogen (secondary N) is 1. The molecule has 1 aliphatic heterocycles. The number of H-pyrrole nitrogens is 1. The van der Waals surface area contributed by atoms with Crippen molar-refractivity contribution in [1.29, 1.82) is 0 Å². The first-order valence-electron chi connectivity index (χ1n) is 3.51. The summed E-state index contributed by atoms with van der Waals surface area (Å²) in [6.45, 7) is 0.869. The zero-order valence-electron chi connectivity index (χ0n) is 6.36. The largest absolute Gasteiger partial charge is 0.361 e. The van der Waals surface area contributed by atoms with Gasteiger partial charge in [-0.2, -0.15) is 0 Å². The Bertz CT molecular complexity index is 251. The number of rotatable bonds is 1. The lowest BCUT2D eigenvalue weighted by Gasteiger charge is -2.14. The average Bonchev–Trinajstić information content (AvgIpc) is 2.55. The summed E-state index contributed by atoms with van der Waals surface area (Å²) in [5.41, 5.74) is 0. The van der Waals surface area contributed by atoms with Gasteiger partial charge in [0, 0.05) is 31.8 Å². The van der Waals surface area contributed by atoms with E-state index in [4.69, 9.17) is 0 Å². The molecule has 0 amide bonds. The summed E-state index contributed by atoms with van der Waals surface area (Å²) in [6, 6.07) is 0. The Balaban J connectivity index is 2.15. The average molecular weight is 150 g/mol. The fraction of sp³-hybridized carbons (Fsp3) is 0.286. The highest BCUT2D eigenvalue weighted by atomic mass is 15.4. The van der Waals surface area contributed by atoms with Crippen LogP contribution in [0.3, 0.4) is 0 Å². The predicted octanol–water partition coefficient (Wildman–Crippen LogP) is 0.590. The molecule has 0 unspecified atom stereocenters. The molecule has 0 spiro atoms. The van der Waals surface area contributed by atoms with E-state index in [0.29, 0.717) is 0 Å². The molecule has 0 atom stereocenters. The maximum Gasteiger partial charge on any atom is 0.208 e. The lowest BCUT2D eigenvalue weighted by Crippen LogP contribution is -2.22. The third-order valence-corrected chi connectivity index (χ3v) is 1.63. The predicted molar refractivity (Wildman–Crippen MR) is 42.8 cm³/mol. The molecule has 1 aromatic heterocycles. The molecule has 58 valence electrons. The van der Waals surface area contributed by atoms with Crippen molar-refractivity contribution >= 4 is 5.95 Å². The number of anilines is 1. The fourth-order valence-corrected chi connectivity index (χ4v) is 1.08. The normalized spacial score (nSPS) is 16.5. The van der Waals surface area contributed by atoms with E-state index in [1.807, 2.05) is 30.5 Å². The molecule has 0 bridgehead atoms. The number of hydrogen-bond donors (Lipinski definition) is 1. The van der Waals surface area contributed by atoms with Gasteiger partial charge in [0.15, 0.2) is 0 Å². The minimum absolute atomic E-state index is 0.869.